The van der Waals surface area contributed by atoms with E-state index >= 15 is 0 Å². The maximum absolute atomic E-state index is 13.5. The first-order valence-electron chi connectivity index (χ1n) is 8.14. The number of carbonyl (C=O) groups excluding carboxylic acids is 2. The van der Waals surface area contributed by atoms with Gasteiger partial charge in [0.15, 0.2) is 24.1 Å². The number of carbonyl (C=O) groups is 2. The topological polar surface area (TPSA) is 92.4 Å². The predicted octanol–water partition coefficient (Wildman–Crippen LogP) is 2.88. The lowest BCUT2D eigenvalue weighted by molar-refractivity contribution is -0.154. The molecule has 0 aliphatic rings. The van der Waals surface area contributed by atoms with E-state index in [9.17, 15) is 35.9 Å². The van der Waals surface area contributed by atoms with Gasteiger partial charge in [0.1, 0.15) is 0 Å². The molecule has 3 amide bonds. The number of halogens is 6. The van der Waals surface area contributed by atoms with E-state index in [4.69, 9.17) is 0 Å². The summed E-state index contributed by atoms with van der Waals surface area (Å²) in [5.74, 6) is -5.98. The van der Waals surface area contributed by atoms with Crippen LogP contribution in [0.25, 0.3) is 0 Å². The molecule has 0 aliphatic carbocycles. The van der Waals surface area contributed by atoms with Crippen molar-refractivity contribution in [3.05, 3.63) is 53.5 Å². The molecule has 7 nitrogen and oxygen atoms in total. The van der Waals surface area contributed by atoms with Crippen LogP contribution in [0.2, 0.25) is 0 Å². The third kappa shape index (κ3) is 7.14. The molecule has 0 saturated heterocycles. The molecule has 1 aromatic heterocycles. The van der Waals surface area contributed by atoms with E-state index in [1.54, 1.807) is 0 Å². The highest BCUT2D eigenvalue weighted by Gasteiger charge is 2.28. The standard InChI is InChI=1S/C17H14F6N4O3/c18-10-1-2-11(15(20)14(10)19)27-12(28)7-26-16(29)25-6-9-3-4-24-13(5-9)30-8-17(21,22)23/h1-5H,6-8H2,(H,27,28)(H2,25,26,29). The average molecular weight is 436 g/mol. The van der Waals surface area contributed by atoms with Crippen molar-refractivity contribution in [3.63, 3.8) is 0 Å². The molecule has 0 unspecified atom stereocenters. The van der Waals surface area contributed by atoms with Gasteiger partial charge in [0.25, 0.3) is 0 Å². The van der Waals surface area contributed by atoms with Crippen molar-refractivity contribution in [3.8, 4) is 5.88 Å². The third-order valence-corrected chi connectivity index (χ3v) is 3.35. The lowest BCUT2D eigenvalue weighted by atomic mass is 10.2. The zero-order chi connectivity index (χ0) is 22.3. The number of alkyl halides is 3. The summed E-state index contributed by atoms with van der Waals surface area (Å²) in [5, 5.41) is 6.42. The molecular formula is C17H14F6N4O3. The summed E-state index contributed by atoms with van der Waals surface area (Å²) in [6, 6.07) is 3.21. The second-order valence-electron chi connectivity index (χ2n) is 5.71. The van der Waals surface area contributed by atoms with Crippen LogP contribution in [0.3, 0.4) is 0 Å². The van der Waals surface area contributed by atoms with Gasteiger partial charge in [-0.1, -0.05) is 0 Å². The molecule has 0 radical (unpaired) electrons. The quantitative estimate of drug-likeness (QED) is 0.460. The van der Waals surface area contributed by atoms with Gasteiger partial charge in [-0.25, -0.2) is 22.9 Å². The maximum atomic E-state index is 13.5. The van der Waals surface area contributed by atoms with Crippen LogP contribution in [0.5, 0.6) is 5.88 Å². The molecule has 1 heterocycles. The Morgan fingerprint density at radius 2 is 1.77 bits per heavy atom. The van der Waals surface area contributed by atoms with Crippen molar-refractivity contribution in [2.75, 3.05) is 18.5 Å². The van der Waals surface area contributed by atoms with E-state index < -0.39 is 54.4 Å². The fourth-order valence-corrected chi connectivity index (χ4v) is 2.02. The van der Waals surface area contributed by atoms with Gasteiger partial charge in [0, 0.05) is 18.8 Å². The number of rotatable bonds is 7. The molecule has 0 bridgehead atoms. The van der Waals surface area contributed by atoms with Crippen molar-refractivity contribution >= 4 is 17.6 Å². The Labute approximate surface area is 165 Å². The number of urea groups is 1. The highest BCUT2D eigenvalue weighted by atomic mass is 19.4. The van der Waals surface area contributed by atoms with Crippen LogP contribution < -0.4 is 20.7 Å². The second kappa shape index (κ2) is 9.80. The summed E-state index contributed by atoms with van der Waals surface area (Å²) < 4.78 is 80.3. The number of anilines is 1. The largest absolute Gasteiger partial charge is 0.468 e. The van der Waals surface area contributed by atoms with Crippen molar-refractivity contribution in [1.82, 2.24) is 15.6 Å². The molecule has 0 fully saturated rings. The van der Waals surface area contributed by atoms with Gasteiger partial charge in [0.2, 0.25) is 11.8 Å². The third-order valence-electron chi connectivity index (χ3n) is 3.35. The molecule has 1 aromatic carbocycles. The first-order valence-corrected chi connectivity index (χ1v) is 8.14. The second-order valence-corrected chi connectivity index (χ2v) is 5.71. The molecule has 3 N–H and O–H groups in total. The van der Waals surface area contributed by atoms with E-state index in [-0.39, 0.29) is 12.4 Å². The number of hydrogen-bond donors (Lipinski definition) is 3. The Morgan fingerprint density at radius 3 is 2.47 bits per heavy atom. The molecule has 162 valence electrons. The molecule has 2 aromatic rings. The normalized spacial score (nSPS) is 11.0. The molecule has 30 heavy (non-hydrogen) atoms. The zero-order valence-corrected chi connectivity index (χ0v) is 14.9. The predicted molar refractivity (Wildman–Crippen MR) is 91.0 cm³/mol. The summed E-state index contributed by atoms with van der Waals surface area (Å²) in [5.41, 5.74) is -0.241. The Bertz CT molecular complexity index is 923. The highest BCUT2D eigenvalue weighted by Crippen LogP contribution is 2.19. The summed E-state index contributed by atoms with van der Waals surface area (Å²) >= 11 is 0. The van der Waals surface area contributed by atoms with Crippen LogP contribution in [-0.2, 0) is 11.3 Å². The number of amides is 3. The fraction of sp³-hybridized carbons (Fsp3) is 0.235. The number of benzene rings is 1. The van der Waals surface area contributed by atoms with Crippen LogP contribution in [0.15, 0.2) is 30.5 Å². The summed E-state index contributed by atoms with van der Waals surface area (Å²) in [4.78, 5) is 27.0. The van der Waals surface area contributed by atoms with Crippen molar-refractivity contribution in [2.24, 2.45) is 0 Å². The highest BCUT2D eigenvalue weighted by molar-refractivity contribution is 5.94. The number of nitrogens with zero attached hydrogens (tertiary/aromatic N) is 1. The van der Waals surface area contributed by atoms with Gasteiger partial charge in [-0.3, -0.25) is 4.79 Å². The van der Waals surface area contributed by atoms with Crippen LogP contribution in [-0.4, -0.2) is 36.3 Å². The van der Waals surface area contributed by atoms with Crippen LogP contribution in [0.4, 0.5) is 36.8 Å². The van der Waals surface area contributed by atoms with Gasteiger partial charge < -0.3 is 20.7 Å². The molecule has 0 aliphatic heterocycles. The Hall–Kier alpha value is -3.51. The molecular weight excluding hydrogens is 422 g/mol. The molecule has 0 atom stereocenters. The first-order chi connectivity index (χ1) is 14.0. The number of hydrogen-bond acceptors (Lipinski definition) is 4. The summed E-state index contributed by atoms with van der Waals surface area (Å²) in [7, 11) is 0. The van der Waals surface area contributed by atoms with Gasteiger partial charge >= 0.3 is 12.2 Å². The molecule has 0 saturated carbocycles. The van der Waals surface area contributed by atoms with Crippen molar-refractivity contribution in [1.29, 1.82) is 0 Å². The van der Waals surface area contributed by atoms with Gasteiger partial charge in [0.05, 0.1) is 12.2 Å². The van der Waals surface area contributed by atoms with E-state index in [2.05, 4.69) is 20.4 Å². The Kier molecular flexibility index (Phi) is 7.44. The van der Waals surface area contributed by atoms with Gasteiger partial charge in [-0.2, -0.15) is 13.2 Å². The van der Waals surface area contributed by atoms with Crippen LogP contribution in [0.1, 0.15) is 5.56 Å². The maximum Gasteiger partial charge on any atom is 0.422 e. The fourth-order valence-electron chi connectivity index (χ4n) is 2.02. The van der Waals surface area contributed by atoms with Crippen molar-refractivity contribution < 1.29 is 40.7 Å². The lowest BCUT2D eigenvalue weighted by Gasteiger charge is -2.11. The summed E-state index contributed by atoms with van der Waals surface area (Å²) in [6.07, 6.45) is -3.34. The van der Waals surface area contributed by atoms with E-state index in [1.165, 1.54) is 18.3 Å². The van der Waals surface area contributed by atoms with E-state index in [0.29, 0.717) is 11.6 Å². The molecule has 13 heteroatoms. The summed E-state index contributed by atoms with van der Waals surface area (Å²) in [6.45, 7) is -2.28. The molecule has 0 spiro atoms. The minimum absolute atomic E-state index is 0.129. The SMILES string of the molecule is O=C(CNC(=O)NCc1ccnc(OCC(F)(F)F)c1)Nc1ccc(F)c(F)c1F. The van der Waals surface area contributed by atoms with E-state index in [0.717, 1.165) is 6.07 Å². The first kappa shape index (κ1) is 22.8. The van der Waals surface area contributed by atoms with Gasteiger partial charge in [-0.15, -0.1) is 0 Å². The number of pyridine rings is 1. The van der Waals surface area contributed by atoms with Crippen LogP contribution in [0, 0.1) is 17.5 Å². The Morgan fingerprint density at radius 1 is 1.03 bits per heavy atom. The number of nitrogens with one attached hydrogen (secondary N) is 3. The molecule has 2 rings (SSSR count). The minimum atomic E-state index is -4.53. The monoisotopic (exact) mass is 436 g/mol. The smallest absolute Gasteiger partial charge is 0.422 e. The number of aromatic nitrogens is 1. The number of ether oxygens (including phenoxy) is 1. The average Bonchev–Trinajstić information content (AvgIpc) is 2.69. The Balaban J connectivity index is 1.78. The van der Waals surface area contributed by atoms with E-state index in [1.807, 2.05) is 5.32 Å². The van der Waals surface area contributed by atoms with Gasteiger partial charge in [-0.05, 0) is 23.8 Å². The zero-order valence-electron chi connectivity index (χ0n) is 14.9. The van der Waals surface area contributed by atoms with Crippen molar-refractivity contribution in [2.45, 2.75) is 12.7 Å². The lowest BCUT2D eigenvalue weighted by Crippen LogP contribution is -2.39. The minimum Gasteiger partial charge on any atom is -0.468 e. The van der Waals surface area contributed by atoms with Crippen LogP contribution >= 0.6 is 0 Å².